The first kappa shape index (κ1) is 22.0. The molecule has 11 heteroatoms. The highest BCUT2D eigenvalue weighted by molar-refractivity contribution is 7.80. The van der Waals surface area contributed by atoms with Gasteiger partial charge in [-0.2, -0.15) is 5.10 Å². The Balaban J connectivity index is 1.87. The molecule has 3 aromatic rings. The summed E-state index contributed by atoms with van der Waals surface area (Å²) in [5.74, 6) is -10.0. The number of benzene rings is 2. The smallest absolute Gasteiger partial charge is 0.200 e. The van der Waals surface area contributed by atoms with E-state index >= 15 is 0 Å². The van der Waals surface area contributed by atoms with Gasteiger partial charge in [-0.25, -0.2) is 22.0 Å². The molecule has 158 valence electrons. The molecule has 3 rings (SSSR count). The molecule has 0 fully saturated rings. The zero-order chi connectivity index (χ0) is 22.2. The zero-order valence-corrected chi connectivity index (χ0v) is 17.2. The number of aryl methyl sites for hydroxylation is 1. The number of hydrogen-bond donors (Lipinski definition) is 2. The van der Waals surface area contributed by atoms with Crippen molar-refractivity contribution in [1.82, 2.24) is 9.78 Å². The Kier molecular flexibility index (Phi) is 6.27. The summed E-state index contributed by atoms with van der Waals surface area (Å²) in [5, 5.41) is 10.5. The monoisotopic (exact) mass is 460 g/mol. The fraction of sp³-hybridized carbons (Fsp3) is 0.158. The van der Waals surface area contributed by atoms with E-state index in [1.54, 1.807) is 38.1 Å². The maximum atomic E-state index is 14.0. The van der Waals surface area contributed by atoms with Gasteiger partial charge in [-0.1, -0.05) is 23.7 Å². The molecule has 2 N–H and O–H groups in total. The summed E-state index contributed by atoms with van der Waals surface area (Å²) in [6, 6.07) is 6.89. The summed E-state index contributed by atoms with van der Waals surface area (Å²) in [6.07, 6.45) is 0. The Labute approximate surface area is 178 Å². The number of rotatable bonds is 4. The Bertz CT molecular complexity index is 1120. The van der Waals surface area contributed by atoms with E-state index < -0.39 is 41.2 Å². The largest absolute Gasteiger partial charge is 0.331 e. The SMILES string of the molecule is Cc1nn(Cc2c(F)c(F)c(F)c(F)c2F)c(C)c1NC(=S)Nc1ccccc1Cl. The van der Waals surface area contributed by atoms with Gasteiger partial charge in [-0.05, 0) is 38.2 Å². The summed E-state index contributed by atoms with van der Waals surface area (Å²) >= 11 is 11.3. The average molecular weight is 461 g/mol. The average Bonchev–Trinajstić information content (AvgIpc) is 2.97. The van der Waals surface area contributed by atoms with E-state index in [9.17, 15) is 22.0 Å². The van der Waals surface area contributed by atoms with Crippen molar-refractivity contribution in [3.8, 4) is 0 Å². The Morgan fingerprint density at radius 1 is 0.967 bits per heavy atom. The summed E-state index contributed by atoms with van der Waals surface area (Å²) < 4.78 is 69.3. The minimum atomic E-state index is -2.21. The lowest BCUT2D eigenvalue weighted by molar-refractivity contribution is 0.366. The van der Waals surface area contributed by atoms with Gasteiger partial charge < -0.3 is 10.6 Å². The Morgan fingerprint density at radius 3 is 2.13 bits per heavy atom. The van der Waals surface area contributed by atoms with Crippen molar-refractivity contribution in [2.75, 3.05) is 10.6 Å². The number of thiocarbonyl (C=S) groups is 1. The van der Waals surface area contributed by atoms with Gasteiger partial charge in [0.15, 0.2) is 28.4 Å². The number of anilines is 2. The van der Waals surface area contributed by atoms with Crippen LogP contribution in [0.25, 0.3) is 0 Å². The van der Waals surface area contributed by atoms with Crippen molar-refractivity contribution < 1.29 is 22.0 Å². The van der Waals surface area contributed by atoms with Crippen LogP contribution in [0.2, 0.25) is 5.02 Å². The van der Waals surface area contributed by atoms with Crippen LogP contribution in [0.4, 0.5) is 33.3 Å². The Hall–Kier alpha value is -2.72. The highest BCUT2D eigenvalue weighted by Crippen LogP contribution is 2.27. The molecule has 0 saturated heterocycles. The van der Waals surface area contributed by atoms with Crippen LogP contribution in [0, 0.1) is 42.9 Å². The molecule has 0 spiro atoms. The van der Waals surface area contributed by atoms with Gasteiger partial charge in [0.25, 0.3) is 0 Å². The predicted octanol–water partition coefficient (Wildman–Crippen LogP) is 5.71. The minimum Gasteiger partial charge on any atom is -0.331 e. The summed E-state index contributed by atoms with van der Waals surface area (Å²) in [5.41, 5.74) is 0.768. The molecule has 0 aliphatic carbocycles. The van der Waals surface area contributed by atoms with Gasteiger partial charge in [0.2, 0.25) is 5.82 Å². The van der Waals surface area contributed by atoms with Gasteiger partial charge in [0.1, 0.15) is 0 Å². The molecular formula is C19H14ClF5N4S. The zero-order valence-electron chi connectivity index (χ0n) is 15.6. The number of nitrogens with one attached hydrogen (secondary N) is 2. The quantitative estimate of drug-likeness (QED) is 0.227. The summed E-state index contributed by atoms with van der Waals surface area (Å²) in [4.78, 5) is 0. The van der Waals surface area contributed by atoms with Crippen LogP contribution in [0.1, 0.15) is 17.0 Å². The van der Waals surface area contributed by atoms with Crippen molar-refractivity contribution in [1.29, 1.82) is 0 Å². The molecule has 1 aromatic heterocycles. The molecule has 0 saturated carbocycles. The van der Waals surface area contributed by atoms with E-state index in [-0.39, 0.29) is 5.11 Å². The maximum Gasteiger partial charge on any atom is 0.200 e. The molecule has 0 atom stereocenters. The third kappa shape index (κ3) is 4.10. The number of halogens is 6. The number of aromatic nitrogens is 2. The van der Waals surface area contributed by atoms with Crippen LogP contribution in [0.15, 0.2) is 24.3 Å². The standard InChI is InChI=1S/C19H14ClF5N4S/c1-8-18(27-19(30)26-12-6-4-3-5-11(12)20)9(2)29(28-8)7-10-13(21)15(23)17(25)16(24)14(10)22/h3-6H,7H2,1-2H3,(H2,26,27,30). The topological polar surface area (TPSA) is 41.9 Å². The van der Waals surface area contributed by atoms with Crippen LogP contribution in [0.3, 0.4) is 0 Å². The van der Waals surface area contributed by atoms with Gasteiger partial charge >= 0.3 is 0 Å². The minimum absolute atomic E-state index is 0.171. The van der Waals surface area contributed by atoms with Gasteiger partial charge in [0, 0.05) is 0 Å². The van der Waals surface area contributed by atoms with Gasteiger partial charge in [0.05, 0.1) is 39.9 Å². The highest BCUT2D eigenvalue weighted by Gasteiger charge is 2.26. The Morgan fingerprint density at radius 2 is 1.53 bits per heavy atom. The van der Waals surface area contributed by atoms with Crippen molar-refractivity contribution in [3.05, 3.63) is 75.3 Å². The lowest BCUT2D eigenvalue weighted by Crippen LogP contribution is -2.20. The molecule has 0 aliphatic rings. The molecular weight excluding hydrogens is 447 g/mol. The van der Waals surface area contributed by atoms with Gasteiger partial charge in [-0.15, -0.1) is 0 Å². The third-order valence-electron chi connectivity index (χ3n) is 4.35. The number of nitrogens with zero attached hydrogens (tertiary/aromatic N) is 2. The first-order valence-electron chi connectivity index (χ1n) is 8.48. The van der Waals surface area contributed by atoms with Crippen LogP contribution in [0.5, 0.6) is 0 Å². The van der Waals surface area contributed by atoms with Crippen LogP contribution >= 0.6 is 23.8 Å². The van der Waals surface area contributed by atoms with Crippen molar-refractivity contribution in [3.63, 3.8) is 0 Å². The number of para-hydroxylation sites is 1. The van der Waals surface area contributed by atoms with Crippen LogP contribution in [-0.4, -0.2) is 14.9 Å². The molecule has 30 heavy (non-hydrogen) atoms. The molecule has 2 aromatic carbocycles. The van der Waals surface area contributed by atoms with E-state index in [2.05, 4.69) is 15.7 Å². The van der Waals surface area contributed by atoms with E-state index in [4.69, 9.17) is 23.8 Å². The molecule has 4 nitrogen and oxygen atoms in total. The lowest BCUT2D eigenvalue weighted by atomic mass is 10.1. The summed E-state index contributed by atoms with van der Waals surface area (Å²) in [7, 11) is 0. The fourth-order valence-corrected chi connectivity index (χ4v) is 3.20. The van der Waals surface area contributed by atoms with Crippen molar-refractivity contribution in [2.45, 2.75) is 20.4 Å². The van der Waals surface area contributed by atoms with E-state index in [0.717, 1.165) is 4.68 Å². The predicted molar refractivity (Wildman–Crippen MR) is 108 cm³/mol. The first-order chi connectivity index (χ1) is 14.1. The van der Waals surface area contributed by atoms with Gasteiger partial charge in [-0.3, -0.25) is 4.68 Å². The van der Waals surface area contributed by atoms with E-state index in [1.807, 2.05) is 0 Å². The van der Waals surface area contributed by atoms with Crippen molar-refractivity contribution in [2.24, 2.45) is 0 Å². The second-order valence-electron chi connectivity index (χ2n) is 6.31. The number of hydrogen-bond acceptors (Lipinski definition) is 2. The second-order valence-corrected chi connectivity index (χ2v) is 7.13. The molecule has 0 bridgehead atoms. The third-order valence-corrected chi connectivity index (χ3v) is 4.88. The first-order valence-corrected chi connectivity index (χ1v) is 9.27. The lowest BCUT2D eigenvalue weighted by Gasteiger charge is -2.13. The highest BCUT2D eigenvalue weighted by atomic mass is 35.5. The molecule has 0 radical (unpaired) electrons. The molecule has 1 heterocycles. The van der Waals surface area contributed by atoms with Crippen LogP contribution < -0.4 is 10.6 Å². The van der Waals surface area contributed by atoms with Crippen molar-refractivity contribution >= 4 is 40.3 Å². The maximum absolute atomic E-state index is 14.0. The molecule has 0 amide bonds. The fourth-order valence-electron chi connectivity index (χ4n) is 2.80. The molecule has 0 unspecified atom stereocenters. The van der Waals surface area contributed by atoms with Crippen LogP contribution in [-0.2, 0) is 6.54 Å². The normalized spacial score (nSPS) is 10.9. The van der Waals surface area contributed by atoms with E-state index in [1.165, 1.54) is 0 Å². The molecule has 0 aliphatic heterocycles. The van der Waals surface area contributed by atoms with E-state index in [0.29, 0.717) is 27.8 Å². The summed E-state index contributed by atoms with van der Waals surface area (Å²) in [6.45, 7) is 2.50. The second kappa shape index (κ2) is 8.57.